The molecule has 0 amide bonds. The van der Waals surface area contributed by atoms with Crippen LogP contribution >= 0.6 is 23.1 Å². The number of nitrogens with zero attached hydrogens (tertiary/aromatic N) is 2. The lowest BCUT2D eigenvalue weighted by Gasteiger charge is -2.05. The molecule has 0 aliphatic rings. The van der Waals surface area contributed by atoms with Gasteiger partial charge in [-0.05, 0) is 32.0 Å². The van der Waals surface area contributed by atoms with Crippen LogP contribution in [0.25, 0.3) is 5.13 Å². The number of hydrogen-bond acceptors (Lipinski definition) is 5. The number of thiazole rings is 1. The SMILES string of the molecule is Cc1cc(C(=O)CSCc2ccco2)c(C)n1-c1nccs1. The number of Topliss-reactive ketones (excluding diaryl/α,β-unsaturated/α-hetero) is 1. The van der Waals surface area contributed by atoms with E-state index < -0.39 is 0 Å². The van der Waals surface area contributed by atoms with Crippen LogP contribution < -0.4 is 0 Å². The van der Waals surface area contributed by atoms with Crippen LogP contribution in [0, 0.1) is 13.8 Å². The zero-order valence-corrected chi connectivity index (χ0v) is 14.0. The number of ketones is 1. The summed E-state index contributed by atoms with van der Waals surface area (Å²) in [4.78, 5) is 16.8. The van der Waals surface area contributed by atoms with Crippen LogP contribution in [0.3, 0.4) is 0 Å². The van der Waals surface area contributed by atoms with Crippen molar-refractivity contribution in [3.8, 4) is 5.13 Å². The minimum Gasteiger partial charge on any atom is -0.468 e. The minimum absolute atomic E-state index is 0.146. The largest absolute Gasteiger partial charge is 0.468 e. The molecule has 0 spiro atoms. The van der Waals surface area contributed by atoms with Gasteiger partial charge in [0.05, 0.1) is 17.8 Å². The van der Waals surface area contributed by atoms with Gasteiger partial charge >= 0.3 is 0 Å². The van der Waals surface area contributed by atoms with Gasteiger partial charge < -0.3 is 4.42 Å². The molecule has 0 saturated carbocycles. The molecular weight excluding hydrogens is 316 g/mol. The van der Waals surface area contributed by atoms with Gasteiger partial charge in [0.15, 0.2) is 10.9 Å². The number of hydrogen-bond donors (Lipinski definition) is 0. The second-order valence-corrected chi connectivity index (χ2v) is 6.79. The number of aryl methyl sites for hydroxylation is 1. The maximum absolute atomic E-state index is 12.4. The monoisotopic (exact) mass is 332 g/mol. The van der Waals surface area contributed by atoms with E-state index in [1.165, 1.54) is 0 Å². The molecule has 0 aliphatic carbocycles. The number of rotatable bonds is 6. The fourth-order valence-corrected chi connectivity index (χ4v) is 3.94. The fourth-order valence-electron chi connectivity index (χ4n) is 2.38. The van der Waals surface area contributed by atoms with Gasteiger partial charge in [-0.25, -0.2) is 4.98 Å². The summed E-state index contributed by atoms with van der Waals surface area (Å²) in [6, 6.07) is 5.73. The molecule has 0 fully saturated rings. The molecule has 0 bridgehead atoms. The Labute approximate surface area is 137 Å². The molecule has 0 N–H and O–H groups in total. The molecule has 0 radical (unpaired) electrons. The third-order valence-electron chi connectivity index (χ3n) is 3.40. The highest BCUT2D eigenvalue weighted by atomic mass is 32.2. The van der Waals surface area contributed by atoms with Gasteiger partial charge in [0.2, 0.25) is 0 Å². The second kappa shape index (κ2) is 6.54. The summed E-state index contributed by atoms with van der Waals surface area (Å²) < 4.78 is 7.31. The van der Waals surface area contributed by atoms with Gasteiger partial charge in [0, 0.05) is 28.5 Å². The van der Waals surface area contributed by atoms with E-state index in [0.717, 1.165) is 27.8 Å². The van der Waals surface area contributed by atoms with E-state index in [1.807, 2.05) is 42.0 Å². The second-order valence-electron chi connectivity index (χ2n) is 4.93. The van der Waals surface area contributed by atoms with Crippen molar-refractivity contribution in [2.24, 2.45) is 0 Å². The van der Waals surface area contributed by atoms with E-state index in [9.17, 15) is 4.79 Å². The Kier molecular flexibility index (Phi) is 4.49. The lowest BCUT2D eigenvalue weighted by Crippen LogP contribution is -2.05. The number of thioether (sulfide) groups is 1. The molecule has 0 atom stereocenters. The Morgan fingerprint density at radius 3 is 3.00 bits per heavy atom. The van der Waals surface area contributed by atoms with Crippen molar-refractivity contribution < 1.29 is 9.21 Å². The number of aromatic nitrogens is 2. The molecule has 3 aromatic rings. The normalized spacial score (nSPS) is 11.0. The predicted molar refractivity (Wildman–Crippen MR) is 90.1 cm³/mol. The molecule has 0 aliphatic heterocycles. The van der Waals surface area contributed by atoms with Gasteiger partial charge in [-0.1, -0.05) is 0 Å². The van der Waals surface area contributed by atoms with E-state index in [-0.39, 0.29) is 5.78 Å². The lowest BCUT2D eigenvalue weighted by molar-refractivity contribution is 0.102. The zero-order valence-electron chi connectivity index (χ0n) is 12.4. The number of carbonyl (C=O) groups excluding carboxylic acids is 1. The molecule has 4 nitrogen and oxygen atoms in total. The Bertz CT molecular complexity index is 759. The van der Waals surface area contributed by atoms with Crippen LogP contribution in [-0.2, 0) is 5.75 Å². The Morgan fingerprint density at radius 2 is 2.32 bits per heavy atom. The van der Waals surface area contributed by atoms with E-state index in [2.05, 4.69) is 4.98 Å². The summed E-state index contributed by atoms with van der Waals surface area (Å²) in [5.74, 6) is 2.20. The van der Waals surface area contributed by atoms with Crippen molar-refractivity contribution in [2.45, 2.75) is 19.6 Å². The van der Waals surface area contributed by atoms with Crippen LogP contribution in [-0.4, -0.2) is 21.1 Å². The standard InChI is InChI=1S/C16H16N2O2S2/c1-11-8-14(12(2)18(11)16-17-5-7-22-16)15(19)10-21-9-13-4-3-6-20-13/h3-8H,9-10H2,1-2H3. The number of furan rings is 1. The molecule has 3 aromatic heterocycles. The summed E-state index contributed by atoms with van der Waals surface area (Å²) in [5.41, 5.74) is 2.77. The summed E-state index contributed by atoms with van der Waals surface area (Å²) in [6.45, 7) is 3.97. The third-order valence-corrected chi connectivity index (χ3v) is 5.11. The summed E-state index contributed by atoms with van der Waals surface area (Å²) in [5, 5.41) is 2.84. The fraction of sp³-hybridized carbons (Fsp3) is 0.250. The van der Waals surface area contributed by atoms with E-state index in [1.54, 1.807) is 35.6 Å². The van der Waals surface area contributed by atoms with Crippen molar-refractivity contribution in [3.05, 3.63) is 58.8 Å². The zero-order chi connectivity index (χ0) is 15.5. The van der Waals surface area contributed by atoms with Crippen LogP contribution in [0.15, 0.2) is 40.5 Å². The smallest absolute Gasteiger partial charge is 0.193 e. The van der Waals surface area contributed by atoms with E-state index in [0.29, 0.717) is 11.5 Å². The average molecular weight is 332 g/mol. The maximum Gasteiger partial charge on any atom is 0.193 e. The minimum atomic E-state index is 0.146. The molecule has 22 heavy (non-hydrogen) atoms. The molecular formula is C16H16N2O2S2. The molecule has 114 valence electrons. The molecule has 0 saturated heterocycles. The van der Waals surface area contributed by atoms with E-state index in [4.69, 9.17) is 4.42 Å². The van der Waals surface area contributed by atoms with Crippen LogP contribution in [0.1, 0.15) is 27.5 Å². The highest BCUT2D eigenvalue weighted by Gasteiger charge is 2.17. The van der Waals surface area contributed by atoms with Gasteiger partial charge in [-0.15, -0.1) is 23.1 Å². The van der Waals surface area contributed by atoms with E-state index >= 15 is 0 Å². The Hall–Kier alpha value is -1.79. The first-order valence-corrected chi connectivity index (χ1v) is 8.92. The van der Waals surface area contributed by atoms with Crippen LogP contribution in [0.2, 0.25) is 0 Å². The van der Waals surface area contributed by atoms with Gasteiger partial charge in [-0.2, -0.15) is 0 Å². The van der Waals surface area contributed by atoms with Crippen molar-refractivity contribution in [1.29, 1.82) is 0 Å². The number of carbonyl (C=O) groups is 1. The van der Waals surface area contributed by atoms with Crippen molar-refractivity contribution in [1.82, 2.24) is 9.55 Å². The molecule has 0 aromatic carbocycles. The van der Waals surface area contributed by atoms with Crippen LogP contribution in [0.4, 0.5) is 0 Å². The first-order valence-electron chi connectivity index (χ1n) is 6.89. The van der Waals surface area contributed by atoms with Gasteiger partial charge in [0.25, 0.3) is 0 Å². The summed E-state index contributed by atoms with van der Waals surface area (Å²) >= 11 is 3.14. The Morgan fingerprint density at radius 1 is 1.45 bits per heavy atom. The topological polar surface area (TPSA) is 48.0 Å². The lowest BCUT2D eigenvalue weighted by atomic mass is 10.2. The van der Waals surface area contributed by atoms with Gasteiger partial charge in [0.1, 0.15) is 5.76 Å². The molecule has 0 unspecified atom stereocenters. The van der Waals surface area contributed by atoms with Crippen molar-refractivity contribution in [3.63, 3.8) is 0 Å². The Balaban J connectivity index is 1.72. The van der Waals surface area contributed by atoms with Crippen LogP contribution in [0.5, 0.6) is 0 Å². The van der Waals surface area contributed by atoms with Gasteiger partial charge in [-0.3, -0.25) is 9.36 Å². The molecule has 3 heterocycles. The molecule has 3 rings (SSSR count). The first kappa shape index (κ1) is 15.1. The average Bonchev–Trinajstić information content (AvgIpc) is 3.21. The third kappa shape index (κ3) is 3.03. The highest BCUT2D eigenvalue weighted by Crippen LogP contribution is 2.24. The van der Waals surface area contributed by atoms with Crippen molar-refractivity contribution in [2.75, 3.05) is 5.75 Å². The molecule has 6 heteroatoms. The highest BCUT2D eigenvalue weighted by molar-refractivity contribution is 7.99. The summed E-state index contributed by atoms with van der Waals surface area (Å²) in [6.07, 6.45) is 3.43. The van der Waals surface area contributed by atoms with Crippen molar-refractivity contribution >= 4 is 28.9 Å². The quantitative estimate of drug-likeness (QED) is 0.633. The maximum atomic E-state index is 12.4. The summed E-state index contributed by atoms with van der Waals surface area (Å²) in [7, 11) is 0. The predicted octanol–water partition coefficient (Wildman–Crippen LogP) is 4.26. The first-order chi connectivity index (χ1) is 10.7.